The molecule has 0 aliphatic rings. The number of aromatic nitrogens is 2. The Labute approximate surface area is 219 Å². The third kappa shape index (κ3) is 3.12. The highest BCUT2D eigenvalue weighted by molar-refractivity contribution is 6.09. The van der Waals surface area contributed by atoms with Crippen molar-refractivity contribution >= 4 is 43.9 Å². The third-order valence-electron chi connectivity index (χ3n) is 7.46. The van der Waals surface area contributed by atoms with Crippen LogP contribution in [-0.4, -0.2) is 9.55 Å². The maximum Gasteiger partial charge on any atom is 0.153 e. The molecule has 0 unspecified atom stereocenters. The average Bonchev–Trinajstić information content (AvgIpc) is 3.53. The summed E-state index contributed by atoms with van der Waals surface area (Å²) in [6.45, 7) is 0. The van der Waals surface area contributed by atoms with E-state index in [4.69, 9.17) is 4.42 Å². The van der Waals surface area contributed by atoms with Crippen LogP contribution in [0.4, 0.5) is 0 Å². The lowest BCUT2D eigenvalue weighted by Crippen LogP contribution is -1.94. The molecule has 0 atom stereocenters. The minimum Gasteiger partial charge on any atom is -0.454 e. The molecule has 0 N–H and O–H groups in total. The van der Waals surface area contributed by atoms with Gasteiger partial charge in [0.2, 0.25) is 0 Å². The summed E-state index contributed by atoms with van der Waals surface area (Å²) in [6.07, 6.45) is 1.82. The Hall–Kier alpha value is -5.15. The zero-order valence-corrected chi connectivity index (χ0v) is 20.5. The molecule has 5 aromatic carbocycles. The van der Waals surface area contributed by atoms with Crippen LogP contribution in [0.5, 0.6) is 0 Å². The van der Waals surface area contributed by atoms with Gasteiger partial charge in [0.05, 0.1) is 11.0 Å². The van der Waals surface area contributed by atoms with Crippen LogP contribution in [0.3, 0.4) is 0 Å². The summed E-state index contributed by atoms with van der Waals surface area (Å²) in [5.41, 5.74) is 10.8. The smallest absolute Gasteiger partial charge is 0.153 e. The van der Waals surface area contributed by atoms with E-state index >= 15 is 0 Å². The van der Waals surface area contributed by atoms with Crippen LogP contribution in [0.2, 0.25) is 0 Å². The number of hydrogen-bond donors (Lipinski definition) is 0. The molecule has 3 heterocycles. The Morgan fingerprint density at radius 3 is 1.95 bits per heavy atom. The minimum atomic E-state index is 0.812. The summed E-state index contributed by atoms with van der Waals surface area (Å²) in [5, 5.41) is 3.57. The number of nitrogens with zero attached hydrogens (tertiary/aromatic N) is 2. The van der Waals surface area contributed by atoms with Gasteiger partial charge in [-0.1, -0.05) is 78.9 Å². The summed E-state index contributed by atoms with van der Waals surface area (Å²) < 4.78 is 8.39. The van der Waals surface area contributed by atoms with Crippen molar-refractivity contribution in [1.29, 1.82) is 0 Å². The summed E-state index contributed by atoms with van der Waals surface area (Å²) in [7, 11) is 0. The predicted octanol–water partition coefficient (Wildman–Crippen LogP) is 9.41. The van der Waals surface area contributed by atoms with Crippen LogP contribution in [-0.2, 0) is 0 Å². The lowest BCUT2D eigenvalue weighted by atomic mass is 9.93. The van der Waals surface area contributed by atoms with Crippen LogP contribution in [0.25, 0.3) is 71.8 Å². The van der Waals surface area contributed by atoms with Gasteiger partial charge in [0.15, 0.2) is 5.58 Å². The molecule has 8 aromatic rings. The van der Waals surface area contributed by atoms with Crippen molar-refractivity contribution in [3.63, 3.8) is 0 Å². The monoisotopic (exact) mass is 486 g/mol. The fourth-order valence-electron chi connectivity index (χ4n) is 5.77. The Bertz CT molecular complexity index is 2090. The molecule has 178 valence electrons. The Kier molecular flexibility index (Phi) is 4.52. The molecule has 3 heteroatoms. The highest BCUT2D eigenvalue weighted by Crippen LogP contribution is 2.38. The summed E-state index contributed by atoms with van der Waals surface area (Å²) in [4.78, 5) is 4.58. The molecule has 0 amide bonds. The Morgan fingerprint density at radius 1 is 0.500 bits per heavy atom. The number of pyridine rings is 1. The van der Waals surface area contributed by atoms with Gasteiger partial charge in [-0.3, -0.25) is 4.98 Å². The van der Waals surface area contributed by atoms with Gasteiger partial charge in [0.25, 0.3) is 0 Å². The maximum absolute atomic E-state index is 6.02. The fraction of sp³-hybridized carbons (Fsp3) is 0. The molecular weight excluding hydrogens is 464 g/mol. The molecule has 0 saturated carbocycles. The van der Waals surface area contributed by atoms with Crippen molar-refractivity contribution < 1.29 is 4.42 Å². The Morgan fingerprint density at radius 2 is 1.18 bits per heavy atom. The minimum absolute atomic E-state index is 0.812. The number of benzene rings is 5. The number of para-hydroxylation sites is 2. The topological polar surface area (TPSA) is 31.0 Å². The van der Waals surface area contributed by atoms with Crippen molar-refractivity contribution in [1.82, 2.24) is 9.55 Å². The van der Waals surface area contributed by atoms with E-state index in [1.54, 1.807) is 0 Å². The van der Waals surface area contributed by atoms with Gasteiger partial charge in [0.1, 0.15) is 11.1 Å². The molecule has 8 rings (SSSR count). The molecule has 0 aliphatic heterocycles. The highest BCUT2D eigenvalue weighted by atomic mass is 16.3. The first-order valence-electron chi connectivity index (χ1n) is 12.8. The quantitative estimate of drug-likeness (QED) is 0.249. The zero-order chi connectivity index (χ0) is 25.1. The maximum atomic E-state index is 6.02. The van der Waals surface area contributed by atoms with Gasteiger partial charge in [-0.05, 0) is 70.8 Å². The Balaban J connectivity index is 1.32. The number of fused-ring (bicyclic) bond motifs is 6. The molecule has 38 heavy (non-hydrogen) atoms. The van der Waals surface area contributed by atoms with E-state index in [-0.39, 0.29) is 0 Å². The first kappa shape index (κ1) is 21.0. The van der Waals surface area contributed by atoms with Gasteiger partial charge in [-0.2, -0.15) is 0 Å². The molecule has 0 saturated heterocycles. The fourth-order valence-corrected chi connectivity index (χ4v) is 5.77. The molecule has 0 aliphatic carbocycles. The average molecular weight is 487 g/mol. The van der Waals surface area contributed by atoms with Crippen molar-refractivity contribution in [2.75, 3.05) is 0 Å². The highest BCUT2D eigenvalue weighted by Gasteiger charge is 2.15. The van der Waals surface area contributed by atoms with Crippen molar-refractivity contribution in [3.05, 3.63) is 134 Å². The second kappa shape index (κ2) is 8.19. The lowest BCUT2D eigenvalue weighted by molar-refractivity contribution is 0.668. The van der Waals surface area contributed by atoms with Crippen molar-refractivity contribution in [2.24, 2.45) is 0 Å². The number of hydrogen-bond acceptors (Lipinski definition) is 2. The van der Waals surface area contributed by atoms with E-state index in [1.165, 1.54) is 38.5 Å². The molecule has 3 nitrogen and oxygen atoms in total. The molecule has 0 fully saturated rings. The zero-order valence-electron chi connectivity index (χ0n) is 20.5. The van der Waals surface area contributed by atoms with Crippen LogP contribution in [0.15, 0.2) is 138 Å². The molecule has 0 radical (unpaired) electrons. The molecule has 0 spiro atoms. The van der Waals surface area contributed by atoms with Crippen LogP contribution in [0, 0.1) is 0 Å². The predicted molar refractivity (Wildman–Crippen MR) is 157 cm³/mol. The first-order chi connectivity index (χ1) is 18.8. The standard InChI is InChI=1S/C35H22N2O/c1-2-12-27(24-18-19-33-30(22-24)35-34(38-33)17-8-20-36-35)26(11-1)23-9-7-10-25(21-23)37-31-15-5-3-13-28(31)29-14-4-6-16-32(29)37/h1-22H. The SMILES string of the molecule is c1cc(-c2ccccc2-c2ccc3oc4cccnc4c3c2)cc(-n2c3ccccc3c3ccccc32)c1. The van der Waals surface area contributed by atoms with Crippen molar-refractivity contribution in [2.45, 2.75) is 0 Å². The van der Waals surface area contributed by atoms with Crippen molar-refractivity contribution in [3.8, 4) is 27.9 Å². The van der Waals surface area contributed by atoms with Gasteiger partial charge in [-0.15, -0.1) is 0 Å². The van der Waals surface area contributed by atoms with Crippen LogP contribution >= 0.6 is 0 Å². The second-order valence-corrected chi connectivity index (χ2v) is 9.63. The van der Waals surface area contributed by atoms with Crippen LogP contribution < -0.4 is 0 Å². The largest absolute Gasteiger partial charge is 0.454 e. The van der Waals surface area contributed by atoms with Gasteiger partial charge in [-0.25, -0.2) is 0 Å². The summed E-state index contributed by atoms with van der Waals surface area (Å²) in [5.74, 6) is 0. The van der Waals surface area contributed by atoms with E-state index in [0.717, 1.165) is 33.3 Å². The van der Waals surface area contributed by atoms with Gasteiger partial charge < -0.3 is 8.98 Å². The third-order valence-corrected chi connectivity index (χ3v) is 7.46. The van der Waals surface area contributed by atoms with E-state index in [2.05, 4.69) is 125 Å². The number of rotatable bonds is 3. The second-order valence-electron chi connectivity index (χ2n) is 9.63. The van der Waals surface area contributed by atoms with E-state index in [9.17, 15) is 0 Å². The number of furan rings is 1. The normalized spacial score (nSPS) is 11.7. The summed E-state index contributed by atoms with van der Waals surface area (Å²) >= 11 is 0. The van der Waals surface area contributed by atoms with E-state index in [0.29, 0.717) is 0 Å². The van der Waals surface area contributed by atoms with E-state index in [1.807, 2.05) is 18.3 Å². The first-order valence-corrected chi connectivity index (χ1v) is 12.8. The molecule has 3 aromatic heterocycles. The van der Waals surface area contributed by atoms with Crippen LogP contribution in [0.1, 0.15) is 0 Å². The summed E-state index contributed by atoms with van der Waals surface area (Å²) in [6, 6.07) is 45.0. The molecule has 0 bridgehead atoms. The van der Waals surface area contributed by atoms with Gasteiger partial charge >= 0.3 is 0 Å². The van der Waals surface area contributed by atoms with E-state index < -0.39 is 0 Å². The lowest BCUT2D eigenvalue weighted by Gasteiger charge is -2.13. The molecular formula is C35H22N2O. The van der Waals surface area contributed by atoms with Gasteiger partial charge in [0, 0.05) is 28.0 Å².